The molecular weight excluding hydrogens is 368 g/mol. The van der Waals surface area contributed by atoms with Gasteiger partial charge in [-0.3, -0.25) is 14.5 Å². The number of rotatable bonds is 7. The van der Waals surface area contributed by atoms with Crippen molar-refractivity contribution < 1.29 is 14.3 Å². The lowest BCUT2D eigenvalue weighted by Crippen LogP contribution is -2.41. The highest BCUT2D eigenvalue weighted by atomic mass is 16.5. The van der Waals surface area contributed by atoms with Crippen LogP contribution in [-0.4, -0.2) is 43.0 Å². The summed E-state index contributed by atoms with van der Waals surface area (Å²) in [6.45, 7) is 3.97. The molecule has 1 amide bonds. The van der Waals surface area contributed by atoms with Crippen molar-refractivity contribution in [2.75, 3.05) is 31.6 Å². The van der Waals surface area contributed by atoms with Gasteiger partial charge in [-0.25, -0.2) is 0 Å². The topological polar surface area (TPSA) is 83.4 Å². The maximum absolute atomic E-state index is 12.3. The number of esters is 1. The summed E-state index contributed by atoms with van der Waals surface area (Å²) >= 11 is 0. The number of hydrogen-bond acceptors (Lipinski definition) is 6. The van der Waals surface area contributed by atoms with Crippen molar-refractivity contribution in [2.45, 2.75) is 19.8 Å². The highest BCUT2D eigenvalue weighted by molar-refractivity contribution is 5.92. The monoisotopic (exact) mass is 394 g/mol. The number of likely N-dealkylation sites (tertiary alicyclic amines) is 1. The van der Waals surface area contributed by atoms with Crippen molar-refractivity contribution in [3.05, 3.63) is 54.6 Å². The van der Waals surface area contributed by atoms with Crippen LogP contribution in [0.5, 0.6) is 0 Å². The van der Waals surface area contributed by atoms with E-state index in [4.69, 9.17) is 4.74 Å². The molecule has 0 spiro atoms. The van der Waals surface area contributed by atoms with Gasteiger partial charge in [0.15, 0.2) is 0 Å². The second-order valence-corrected chi connectivity index (χ2v) is 6.93. The van der Waals surface area contributed by atoms with Gasteiger partial charge >= 0.3 is 5.97 Å². The average Bonchev–Trinajstić information content (AvgIpc) is 2.74. The Labute approximate surface area is 170 Å². The second-order valence-electron chi connectivity index (χ2n) is 6.93. The molecule has 1 heterocycles. The number of carbonyl (C=O) groups is 2. The number of hydrogen-bond donors (Lipinski definition) is 1. The molecule has 152 valence electrons. The Morgan fingerprint density at radius 1 is 1.00 bits per heavy atom. The average molecular weight is 394 g/mol. The van der Waals surface area contributed by atoms with E-state index in [0.717, 1.165) is 37.3 Å². The molecule has 29 heavy (non-hydrogen) atoms. The van der Waals surface area contributed by atoms with E-state index in [9.17, 15) is 9.59 Å². The quantitative estimate of drug-likeness (QED) is 0.560. The van der Waals surface area contributed by atoms with E-state index >= 15 is 0 Å². The fraction of sp³-hybridized carbons (Fsp3) is 0.364. The number of amides is 1. The van der Waals surface area contributed by atoms with Gasteiger partial charge in [0, 0.05) is 5.69 Å². The van der Waals surface area contributed by atoms with Crippen molar-refractivity contribution in [2.24, 2.45) is 16.1 Å². The number of carbonyl (C=O) groups excluding carboxylic acids is 2. The molecule has 1 fully saturated rings. The largest absolute Gasteiger partial charge is 0.466 e. The van der Waals surface area contributed by atoms with Crippen molar-refractivity contribution in [1.29, 1.82) is 0 Å². The van der Waals surface area contributed by atoms with Gasteiger partial charge in [0.2, 0.25) is 5.91 Å². The first-order valence-corrected chi connectivity index (χ1v) is 9.89. The highest BCUT2D eigenvalue weighted by Gasteiger charge is 2.26. The number of benzene rings is 2. The molecule has 0 radical (unpaired) electrons. The lowest BCUT2D eigenvalue weighted by atomic mass is 9.97. The molecule has 7 heteroatoms. The van der Waals surface area contributed by atoms with Gasteiger partial charge in [-0.2, -0.15) is 10.2 Å². The zero-order chi connectivity index (χ0) is 20.5. The lowest BCUT2D eigenvalue weighted by molar-refractivity contribution is -0.149. The molecule has 1 saturated heterocycles. The summed E-state index contributed by atoms with van der Waals surface area (Å²) in [4.78, 5) is 26.2. The van der Waals surface area contributed by atoms with Crippen LogP contribution in [0.2, 0.25) is 0 Å². The smallest absolute Gasteiger partial charge is 0.309 e. The molecule has 0 bridgehead atoms. The van der Waals surface area contributed by atoms with Crippen LogP contribution in [0, 0.1) is 5.92 Å². The first-order chi connectivity index (χ1) is 14.1. The number of anilines is 1. The van der Waals surface area contributed by atoms with E-state index in [1.54, 1.807) is 0 Å². The number of nitrogens with one attached hydrogen (secondary N) is 1. The molecule has 2 aromatic rings. The molecule has 1 aliphatic heterocycles. The van der Waals surface area contributed by atoms with Gasteiger partial charge < -0.3 is 10.1 Å². The number of nitrogens with zero attached hydrogens (tertiary/aromatic N) is 3. The van der Waals surface area contributed by atoms with Gasteiger partial charge in [-0.1, -0.05) is 18.2 Å². The second kappa shape index (κ2) is 10.5. The Kier molecular flexibility index (Phi) is 7.47. The number of azo groups is 1. The molecule has 7 nitrogen and oxygen atoms in total. The van der Waals surface area contributed by atoms with E-state index in [0.29, 0.717) is 18.8 Å². The maximum atomic E-state index is 12.3. The third-order valence-electron chi connectivity index (χ3n) is 4.76. The Hall–Kier alpha value is -3.06. The van der Waals surface area contributed by atoms with E-state index in [-0.39, 0.29) is 17.8 Å². The molecule has 1 N–H and O–H groups in total. The summed E-state index contributed by atoms with van der Waals surface area (Å²) in [5.41, 5.74) is 2.22. The van der Waals surface area contributed by atoms with E-state index in [1.165, 1.54) is 0 Å². The van der Waals surface area contributed by atoms with Crippen LogP contribution in [0.4, 0.5) is 17.1 Å². The Morgan fingerprint density at radius 3 is 2.24 bits per heavy atom. The standard InChI is InChI=1S/C22H26N4O3/c1-2-29-22(28)17-12-14-26(15-13-17)16-21(27)23-18-8-10-20(11-9-18)25-24-19-6-4-3-5-7-19/h3-11,17H,2,12-16H2,1H3,(H,23,27). The van der Waals surface area contributed by atoms with Gasteiger partial charge in [0.25, 0.3) is 0 Å². The molecule has 0 saturated carbocycles. The molecule has 0 atom stereocenters. The molecule has 0 aliphatic carbocycles. The lowest BCUT2D eigenvalue weighted by Gasteiger charge is -2.30. The molecule has 0 aromatic heterocycles. The molecule has 0 unspecified atom stereocenters. The van der Waals surface area contributed by atoms with Crippen LogP contribution in [0.3, 0.4) is 0 Å². The van der Waals surface area contributed by atoms with Crippen molar-refractivity contribution in [3.63, 3.8) is 0 Å². The normalized spacial score (nSPS) is 15.3. The first kappa shape index (κ1) is 20.7. The van der Waals surface area contributed by atoms with E-state index in [1.807, 2.05) is 61.5 Å². The van der Waals surface area contributed by atoms with Crippen molar-refractivity contribution >= 4 is 28.9 Å². The summed E-state index contributed by atoms with van der Waals surface area (Å²) in [5, 5.41) is 11.3. The number of ether oxygens (including phenoxy) is 1. The van der Waals surface area contributed by atoms with Gasteiger partial charge in [0.05, 0.1) is 30.4 Å². The fourth-order valence-electron chi connectivity index (χ4n) is 3.21. The maximum Gasteiger partial charge on any atom is 0.309 e. The molecule has 3 rings (SSSR count). The van der Waals surface area contributed by atoms with E-state index < -0.39 is 0 Å². The van der Waals surface area contributed by atoms with Gasteiger partial charge in [0.1, 0.15) is 0 Å². The SMILES string of the molecule is CCOC(=O)C1CCN(CC(=O)Nc2ccc(N=Nc3ccccc3)cc2)CC1. The van der Waals surface area contributed by atoms with Crippen LogP contribution in [0.25, 0.3) is 0 Å². The Morgan fingerprint density at radius 2 is 1.62 bits per heavy atom. The van der Waals surface area contributed by atoms with E-state index in [2.05, 4.69) is 20.4 Å². The fourth-order valence-corrected chi connectivity index (χ4v) is 3.21. The minimum Gasteiger partial charge on any atom is -0.466 e. The Bertz CT molecular complexity index is 829. The predicted molar refractivity (Wildman–Crippen MR) is 111 cm³/mol. The number of piperidine rings is 1. The predicted octanol–water partition coefficient (Wildman–Crippen LogP) is 4.32. The van der Waals surface area contributed by atoms with Crippen molar-refractivity contribution in [1.82, 2.24) is 4.90 Å². The van der Waals surface area contributed by atoms with Crippen LogP contribution in [0.15, 0.2) is 64.8 Å². The minimum atomic E-state index is -0.124. The van der Waals surface area contributed by atoms with Gasteiger partial charge in [-0.05, 0) is 69.3 Å². The summed E-state index contributed by atoms with van der Waals surface area (Å²) < 4.78 is 5.08. The van der Waals surface area contributed by atoms with Crippen LogP contribution in [-0.2, 0) is 14.3 Å². The summed E-state index contributed by atoms with van der Waals surface area (Å²) in [6, 6.07) is 16.8. The third kappa shape index (κ3) is 6.50. The van der Waals surface area contributed by atoms with Crippen LogP contribution >= 0.6 is 0 Å². The molecular formula is C22H26N4O3. The van der Waals surface area contributed by atoms with Crippen LogP contribution in [0.1, 0.15) is 19.8 Å². The first-order valence-electron chi connectivity index (χ1n) is 9.89. The van der Waals surface area contributed by atoms with Crippen LogP contribution < -0.4 is 5.32 Å². The Balaban J connectivity index is 1.44. The zero-order valence-electron chi connectivity index (χ0n) is 16.6. The minimum absolute atomic E-state index is 0.0492. The zero-order valence-corrected chi connectivity index (χ0v) is 16.6. The highest BCUT2D eigenvalue weighted by Crippen LogP contribution is 2.21. The van der Waals surface area contributed by atoms with Crippen molar-refractivity contribution in [3.8, 4) is 0 Å². The summed E-state index contributed by atoms with van der Waals surface area (Å²) in [5.74, 6) is -0.244. The van der Waals surface area contributed by atoms with Gasteiger partial charge in [-0.15, -0.1) is 0 Å². The molecule has 2 aromatic carbocycles. The molecule has 1 aliphatic rings. The summed E-state index contributed by atoms with van der Waals surface area (Å²) in [6.07, 6.45) is 1.46. The summed E-state index contributed by atoms with van der Waals surface area (Å²) in [7, 11) is 0. The third-order valence-corrected chi connectivity index (χ3v) is 4.76.